The molecule has 0 aliphatic rings. The number of nitrogens with zero attached hydrogens (tertiary/aromatic N) is 2. The first-order valence-corrected chi connectivity index (χ1v) is 10.3. The molecule has 3 aromatic rings. The van der Waals surface area contributed by atoms with Crippen LogP contribution in [-0.2, 0) is 9.53 Å². The van der Waals surface area contributed by atoms with Gasteiger partial charge in [-0.1, -0.05) is 7.43 Å². The molecule has 0 aliphatic carbocycles. The minimum absolute atomic E-state index is 0. The summed E-state index contributed by atoms with van der Waals surface area (Å²) in [4.78, 5) is 38.2. The van der Waals surface area contributed by atoms with Crippen LogP contribution in [0.2, 0.25) is 0 Å². The number of carbonyl (C=O) groups excluding carboxylic acids is 1. The van der Waals surface area contributed by atoms with Gasteiger partial charge >= 0.3 is 18.1 Å². The lowest BCUT2D eigenvalue weighted by molar-refractivity contribution is -0.192. The molecule has 4 N–H and O–H groups in total. The number of rotatable bonds is 6. The molecule has 208 valence electrons. The van der Waals surface area contributed by atoms with Crippen molar-refractivity contribution in [1.82, 2.24) is 9.55 Å². The highest BCUT2D eigenvalue weighted by Gasteiger charge is 2.38. The van der Waals surface area contributed by atoms with Gasteiger partial charge in [-0.3, -0.25) is 9.36 Å². The summed E-state index contributed by atoms with van der Waals surface area (Å²) in [6, 6.07) is 3.62. The van der Waals surface area contributed by atoms with Gasteiger partial charge in [0.25, 0.3) is 0 Å². The van der Waals surface area contributed by atoms with Crippen LogP contribution in [0, 0.1) is 17.5 Å². The van der Waals surface area contributed by atoms with Crippen molar-refractivity contribution in [3.63, 3.8) is 0 Å². The van der Waals surface area contributed by atoms with Crippen LogP contribution in [-0.4, -0.2) is 52.0 Å². The molecule has 38 heavy (non-hydrogen) atoms. The number of nitrogens with one attached hydrogen (secondary N) is 1. The van der Waals surface area contributed by atoms with Crippen molar-refractivity contribution in [1.29, 1.82) is 0 Å². The van der Waals surface area contributed by atoms with Crippen LogP contribution in [0.1, 0.15) is 31.6 Å². The lowest BCUT2D eigenvalue weighted by Gasteiger charge is -2.15. The number of fused-ring (bicyclic) bond motifs is 1. The van der Waals surface area contributed by atoms with E-state index in [1.807, 2.05) is 0 Å². The molecule has 0 spiro atoms. The molecule has 9 nitrogen and oxygen atoms in total. The number of esters is 1. The normalized spacial score (nSPS) is 11.6. The second-order valence-corrected chi connectivity index (χ2v) is 7.41. The molecule has 0 amide bonds. The molecular formula is C23H24F6N4O5. The number of alkyl halides is 3. The zero-order chi connectivity index (χ0) is 28.1. The van der Waals surface area contributed by atoms with E-state index in [2.05, 4.69) is 10.3 Å². The fourth-order valence-corrected chi connectivity index (χ4v) is 2.86. The lowest BCUT2D eigenvalue weighted by Crippen LogP contribution is -2.26. The maximum atomic E-state index is 14.5. The highest BCUT2D eigenvalue weighted by molar-refractivity contribution is 5.93. The maximum Gasteiger partial charge on any atom is 0.490 e. The number of pyridine rings is 2. The summed E-state index contributed by atoms with van der Waals surface area (Å²) >= 11 is 0. The first-order chi connectivity index (χ1) is 17.2. The Morgan fingerprint density at radius 2 is 1.74 bits per heavy atom. The molecule has 0 unspecified atom stereocenters. The van der Waals surface area contributed by atoms with E-state index in [9.17, 15) is 35.9 Å². The molecule has 2 aromatic heterocycles. The topological polar surface area (TPSA) is 137 Å². The number of nitrogens with two attached hydrogens (primary N) is 1. The number of carbonyl (C=O) groups is 2. The van der Waals surface area contributed by atoms with E-state index < -0.39 is 52.2 Å². The van der Waals surface area contributed by atoms with Gasteiger partial charge in [0.1, 0.15) is 22.9 Å². The Hall–Kier alpha value is -4.14. The van der Waals surface area contributed by atoms with Crippen molar-refractivity contribution in [3.05, 3.63) is 63.7 Å². The van der Waals surface area contributed by atoms with E-state index in [0.717, 1.165) is 10.8 Å². The number of carboxylic acid groups (broad SMARTS) is 1. The number of aromatic nitrogens is 2. The Morgan fingerprint density at radius 3 is 2.21 bits per heavy atom. The molecule has 1 aromatic carbocycles. The minimum atomic E-state index is -5.08. The third-order valence-corrected chi connectivity index (χ3v) is 4.42. The van der Waals surface area contributed by atoms with Gasteiger partial charge in [0.2, 0.25) is 5.43 Å². The molecule has 2 heterocycles. The molecule has 0 saturated carbocycles. The van der Waals surface area contributed by atoms with Gasteiger partial charge in [-0.15, -0.1) is 0 Å². The van der Waals surface area contributed by atoms with E-state index in [1.54, 1.807) is 13.8 Å². The van der Waals surface area contributed by atoms with Crippen LogP contribution in [0.15, 0.2) is 35.3 Å². The summed E-state index contributed by atoms with van der Waals surface area (Å²) in [6.45, 7) is 3.66. The van der Waals surface area contributed by atoms with Crippen LogP contribution >= 0.6 is 0 Å². The summed E-state index contributed by atoms with van der Waals surface area (Å²) in [7, 11) is 0. The highest BCUT2D eigenvalue weighted by Crippen LogP contribution is 2.24. The highest BCUT2D eigenvalue weighted by atomic mass is 19.4. The Morgan fingerprint density at radius 1 is 1.18 bits per heavy atom. The van der Waals surface area contributed by atoms with E-state index in [0.29, 0.717) is 24.5 Å². The van der Waals surface area contributed by atoms with Crippen LogP contribution < -0.4 is 16.5 Å². The van der Waals surface area contributed by atoms with Crippen LogP contribution in [0.4, 0.5) is 32.2 Å². The zero-order valence-corrected chi connectivity index (χ0v) is 19.2. The molecule has 15 heteroatoms. The average Bonchev–Trinajstić information content (AvgIpc) is 2.78. The van der Waals surface area contributed by atoms with Gasteiger partial charge in [-0.05, 0) is 26.0 Å². The number of benzene rings is 1. The van der Waals surface area contributed by atoms with E-state index in [4.69, 9.17) is 20.4 Å². The number of hydrogen-bond acceptors (Lipinski definition) is 7. The quantitative estimate of drug-likeness (QED) is 0.310. The second kappa shape index (κ2) is 12.9. The third-order valence-electron chi connectivity index (χ3n) is 4.42. The van der Waals surface area contributed by atoms with Crippen molar-refractivity contribution in [2.45, 2.75) is 33.5 Å². The Bertz CT molecular complexity index is 1350. The zero-order valence-electron chi connectivity index (χ0n) is 19.2. The van der Waals surface area contributed by atoms with Gasteiger partial charge in [0, 0.05) is 30.9 Å². The monoisotopic (exact) mass is 550 g/mol. The number of aliphatic carboxylic acids is 1. The number of halogens is 6. The molecule has 0 fully saturated rings. The minimum Gasteiger partial charge on any atom is -0.475 e. The van der Waals surface area contributed by atoms with Crippen molar-refractivity contribution >= 4 is 28.8 Å². The lowest BCUT2D eigenvalue weighted by atomic mass is 10.1. The Balaban J connectivity index is 0.000000797. The van der Waals surface area contributed by atoms with Gasteiger partial charge in [0.05, 0.1) is 12.0 Å². The summed E-state index contributed by atoms with van der Waals surface area (Å²) in [5.41, 5.74) is 3.73. The fourth-order valence-electron chi connectivity index (χ4n) is 2.86. The second-order valence-electron chi connectivity index (χ2n) is 7.41. The Kier molecular flexibility index (Phi) is 10.8. The molecule has 0 aliphatic heterocycles. The first-order valence-electron chi connectivity index (χ1n) is 10.3. The largest absolute Gasteiger partial charge is 0.490 e. The van der Waals surface area contributed by atoms with Crippen LogP contribution in [0.25, 0.3) is 16.7 Å². The van der Waals surface area contributed by atoms with Crippen molar-refractivity contribution in [3.8, 4) is 5.69 Å². The van der Waals surface area contributed by atoms with E-state index in [-0.39, 0.29) is 31.1 Å². The van der Waals surface area contributed by atoms with Gasteiger partial charge in [0.15, 0.2) is 17.3 Å². The summed E-state index contributed by atoms with van der Waals surface area (Å²) < 4.78 is 79.9. The SMILES string of the molecule is C.CCOC(=O)c1cn(-c2c(F)cc(F)cc2F)c2nc(NC[C@@H](C)N)ccc2c1=O.O=C(O)C(F)(F)F. The van der Waals surface area contributed by atoms with Gasteiger partial charge < -0.3 is 20.9 Å². The van der Waals surface area contributed by atoms with E-state index >= 15 is 0 Å². The molecule has 3 rings (SSSR count). The number of anilines is 1. The maximum absolute atomic E-state index is 14.5. The van der Waals surface area contributed by atoms with Gasteiger partial charge in [-0.25, -0.2) is 27.7 Å². The molecule has 0 bridgehead atoms. The molecular weight excluding hydrogens is 526 g/mol. The van der Waals surface area contributed by atoms with Crippen molar-refractivity contribution < 1.29 is 45.8 Å². The number of carboxylic acids is 1. The van der Waals surface area contributed by atoms with E-state index in [1.165, 1.54) is 12.1 Å². The number of hydrogen-bond donors (Lipinski definition) is 3. The van der Waals surface area contributed by atoms with Crippen molar-refractivity contribution in [2.24, 2.45) is 5.73 Å². The van der Waals surface area contributed by atoms with Crippen LogP contribution in [0.5, 0.6) is 0 Å². The molecule has 0 saturated heterocycles. The smallest absolute Gasteiger partial charge is 0.475 e. The standard InChI is InChI=1S/C20H19F3N4O3.C2HF3O2.CH4/c1-3-30-20(29)13-9-27(17-14(22)6-11(21)7-15(17)23)19-12(18(13)28)4-5-16(26-19)25-8-10(2)24;3-2(4,5)1(6)7;/h4-7,9-10H,3,8,24H2,1-2H3,(H,25,26);(H,6,7);1H4/t10-;;/m1../s1. The van der Waals surface area contributed by atoms with Gasteiger partial charge in [-0.2, -0.15) is 13.2 Å². The van der Waals surface area contributed by atoms with Crippen LogP contribution in [0.3, 0.4) is 0 Å². The first kappa shape index (κ1) is 31.9. The average molecular weight is 550 g/mol. The summed E-state index contributed by atoms with van der Waals surface area (Å²) in [5, 5.41) is 9.99. The Labute approximate surface area is 211 Å². The third kappa shape index (κ3) is 7.68. The molecule has 0 radical (unpaired) electrons. The summed E-state index contributed by atoms with van der Waals surface area (Å²) in [6.07, 6.45) is -4.15. The van der Waals surface area contributed by atoms with Crippen molar-refractivity contribution in [2.75, 3.05) is 18.5 Å². The predicted octanol–water partition coefficient (Wildman–Crippen LogP) is 4.01. The fraction of sp³-hybridized carbons (Fsp3) is 0.304. The number of ether oxygens (including phenoxy) is 1. The summed E-state index contributed by atoms with van der Waals surface area (Å²) in [5.74, 6) is -7.00. The molecule has 1 atom stereocenters. The predicted molar refractivity (Wildman–Crippen MR) is 126 cm³/mol.